The van der Waals surface area contributed by atoms with Crippen LogP contribution in [0.15, 0.2) is 243 Å². The average molecular weight is 925 g/mol. The van der Waals surface area contributed by atoms with Crippen LogP contribution in [0.25, 0.3) is 22.3 Å². The van der Waals surface area contributed by atoms with Gasteiger partial charge in [-0.2, -0.15) is 0 Å². The molecule has 4 nitrogen and oxygen atoms in total. The molecule has 10 aromatic rings. The fourth-order valence-corrected chi connectivity index (χ4v) is 11.6. The third-order valence-electron chi connectivity index (χ3n) is 14.9. The van der Waals surface area contributed by atoms with Gasteiger partial charge in [0.25, 0.3) is 0 Å². The van der Waals surface area contributed by atoms with E-state index < -0.39 is 0 Å². The highest BCUT2D eigenvalue weighted by Crippen LogP contribution is 2.57. The first-order valence-electron chi connectivity index (χ1n) is 24.9. The number of anilines is 10. The summed E-state index contributed by atoms with van der Waals surface area (Å²) >= 11 is 0. The van der Waals surface area contributed by atoms with Gasteiger partial charge in [-0.25, -0.2) is 0 Å². The summed E-state index contributed by atoms with van der Waals surface area (Å²) in [4.78, 5) is 9.43. The van der Waals surface area contributed by atoms with Crippen LogP contribution in [0, 0.1) is 13.8 Å². The summed E-state index contributed by atoms with van der Waals surface area (Å²) in [7, 11) is 4.32. The van der Waals surface area contributed by atoms with Gasteiger partial charge in [0.05, 0.1) is 22.7 Å². The van der Waals surface area contributed by atoms with Crippen molar-refractivity contribution in [2.75, 3.05) is 33.7 Å². The molecule has 0 amide bonds. The number of hydrogen-bond donors (Lipinski definition) is 0. The van der Waals surface area contributed by atoms with Crippen LogP contribution >= 0.6 is 0 Å². The van der Waals surface area contributed by atoms with Gasteiger partial charge in [0.15, 0.2) is 0 Å². The van der Waals surface area contributed by atoms with E-state index in [0.717, 1.165) is 0 Å². The first-order valence-corrected chi connectivity index (χ1v) is 24.9. The van der Waals surface area contributed by atoms with Crippen molar-refractivity contribution in [3.63, 3.8) is 0 Å². The maximum absolute atomic E-state index is 2.41. The predicted molar refractivity (Wildman–Crippen MR) is 304 cm³/mol. The van der Waals surface area contributed by atoms with Crippen LogP contribution < -0.4 is 19.6 Å². The molecule has 14 rings (SSSR count). The molecule has 0 unspecified atom stereocenters. The van der Waals surface area contributed by atoms with Gasteiger partial charge in [-0.15, -0.1) is 0 Å². The van der Waals surface area contributed by atoms with Crippen LogP contribution in [-0.2, 0) is 0 Å². The average Bonchev–Trinajstić information content (AvgIpc) is 3.43. The molecule has 344 valence electrons. The van der Waals surface area contributed by atoms with Gasteiger partial charge in [0, 0.05) is 115 Å². The normalized spacial score (nSPS) is 13.6. The van der Waals surface area contributed by atoms with Crippen LogP contribution in [-0.4, -0.2) is 14.1 Å². The molecular formula is C68H52N4. The molecular weight excluding hydrogens is 873 g/mol. The lowest BCUT2D eigenvalue weighted by Crippen LogP contribution is -2.21. The number of benzene rings is 10. The predicted octanol–water partition coefficient (Wildman–Crippen LogP) is 17.7. The van der Waals surface area contributed by atoms with E-state index in [9.17, 15) is 0 Å². The van der Waals surface area contributed by atoms with Crippen molar-refractivity contribution < 1.29 is 0 Å². The monoisotopic (exact) mass is 924 g/mol. The number of fused-ring (bicyclic) bond motifs is 8. The SMILES string of the molecule is CN1c2ccccc2C(=C2c3ccccc3N(C)c3ccccc32)c2ccccc21.Cc1ccc(N2c3ccccc3C(=C3c4ccccc4N(c4ccc(C)cc4)c4ccccc43)c3ccccc32)cc1. The van der Waals surface area contributed by atoms with Gasteiger partial charge in [-0.05, 0) is 86.6 Å². The molecule has 0 atom stereocenters. The zero-order valence-electron chi connectivity index (χ0n) is 40.9. The van der Waals surface area contributed by atoms with Crippen molar-refractivity contribution in [3.05, 3.63) is 298 Å². The van der Waals surface area contributed by atoms with Crippen LogP contribution in [0.2, 0.25) is 0 Å². The Labute approximate surface area is 423 Å². The van der Waals surface area contributed by atoms with E-state index in [0.29, 0.717) is 0 Å². The third kappa shape index (κ3) is 6.82. The van der Waals surface area contributed by atoms with Crippen LogP contribution in [0.3, 0.4) is 0 Å². The van der Waals surface area contributed by atoms with E-state index in [1.54, 1.807) is 0 Å². The fraction of sp³-hybridized carbons (Fsp3) is 0.0588. The molecule has 72 heavy (non-hydrogen) atoms. The quantitative estimate of drug-likeness (QED) is 0.171. The standard InChI is InChI=1S/C40H30N2.C28H22N2/c1-27-19-23-29(24-20-27)41-35-15-7-3-11-31(35)39(32-12-4-8-16-36(32)41)40-33-13-5-9-17-37(33)42(30-25-21-28(2)22-26-30)38-18-10-6-14-34(38)40;1-29-23-15-7-3-11-19(23)27(20-12-4-8-16-24(20)29)28-21-13-5-9-17-25(21)30(2)26-18-10-6-14-22(26)28/h3-26H,1-2H3;3-18H,1-2H3. The Bertz CT molecular complexity index is 3370. The van der Waals surface area contributed by atoms with E-state index in [4.69, 9.17) is 0 Å². The molecule has 4 heterocycles. The second-order valence-electron chi connectivity index (χ2n) is 19.1. The van der Waals surface area contributed by atoms with Crippen LogP contribution in [0.5, 0.6) is 0 Å². The topological polar surface area (TPSA) is 13.0 Å². The van der Waals surface area contributed by atoms with Gasteiger partial charge in [0.1, 0.15) is 0 Å². The molecule has 0 saturated carbocycles. The van der Waals surface area contributed by atoms with E-state index in [1.807, 2.05) is 0 Å². The highest BCUT2D eigenvalue weighted by molar-refractivity contribution is 6.18. The molecule has 0 fully saturated rings. The lowest BCUT2D eigenvalue weighted by atomic mass is 9.79. The van der Waals surface area contributed by atoms with Crippen molar-refractivity contribution in [1.29, 1.82) is 0 Å². The smallest absolute Gasteiger partial charge is 0.0540 e. The zero-order valence-corrected chi connectivity index (χ0v) is 40.9. The minimum Gasteiger partial charge on any atom is -0.344 e. The van der Waals surface area contributed by atoms with E-state index in [-0.39, 0.29) is 0 Å². The minimum absolute atomic E-state index is 1.17. The zero-order chi connectivity index (χ0) is 48.5. The number of rotatable bonds is 2. The van der Waals surface area contributed by atoms with Gasteiger partial charge >= 0.3 is 0 Å². The molecule has 4 aliphatic rings. The maximum Gasteiger partial charge on any atom is 0.0540 e. The largest absolute Gasteiger partial charge is 0.344 e. The Morgan fingerprint density at radius 2 is 0.389 bits per heavy atom. The molecule has 0 aromatic heterocycles. The summed E-state index contributed by atoms with van der Waals surface area (Å²) in [6, 6.07) is 88.1. The Balaban J connectivity index is 0.000000148. The van der Waals surface area contributed by atoms with Gasteiger partial charge in [-0.1, -0.05) is 181 Å². The summed E-state index contributed by atoms with van der Waals surface area (Å²) in [5, 5.41) is 0. The van der Waals surface area contributed by atoms with Crippen molar-refractivity contribution in [2.45, 2.75) is 13.8 Å². The molecule has 0 saturated heterocycles. The molecule has 0 aliphatic carbocycles. The number of aryl methyl sites for hydroxylation is 2. The van der Waals surface area contributed by atoms with E-state index >= 15 is 0 Å². The summed E-state index contributed by atoms with van der Waals surface area (Å²) < 4.78 is 0. The van der Waals surface area contributed by atoms with Crippen molar-refractivity contribution in [3.8, 4) is 0 Å². The van der Waals surface area contributed by atoms with E-state index in [1.165, 1.54) is 135 Å². The lowest BCUT2D eigenvalue weighted by molar-refractivity contribution is 1.16. The molecule has 10 aromatic carbocycles. The highest BCUT2D eigenvalue weighted by Gasteiger charge is 2.36. The summed E-state index contributed by atoms with van der Waals surface area (Å²) in [6.45, 7) is 4.28. The van der Waals surface area contributed by atoms with Crippen LogP contribution in [0.4, 0.5) is 56.9 Å². The van der Waals surface area contributed by atoms with Crippen LogP contribution in [0.1, 0.15) is 55.6 Å². The lowest BCUT2D eigenvalue weighted by Gasteiger charge is -2.39. The molecule has 4 heteroatoms. The first kappa shape index (κ1) is 42.9. The highest BCUT2D eigenvalue weighted by atomic mass is 15.2. The van der Waals surface area contributed by atoms with E-state index in [2.05, 4.69) is 290 Å². The summed E-state index contributed by atoms with van der Waals surface area (Å²) in [5.74, 6) is 0. The van der Waals surface area contributed by atoms with Gasteiger partial charge < -0.3 is 19.6 Å². The second kappa shape index (κ2) is 17.4. The Morgan fingerprint density at radius 1 is 0.208 bits per heavy atom. The minimum atomic E-state index is 1.17. The molecule has 0 bridgehead atoms. The Hall–Kier alpha value is -9.12. The first-order chi connectivity index (χ1) is 35.4. The van der Waals surface area contributed by atoms with Crippen molar-refractivity contribution in [1.82, 2.24) is 0 Å². The number of nitrogens with zero attached hydrogens (tertiary/aromatic N) is 4. The molecule has 4 aliphatic heterocycles. The summed E-state index contributed by atoms with van der Waals surface area (Å²) in [5.41, 5.74) is 29.8. The second-order valence-corrected chi connectivity index (χ2v) is 19.1. The van der Waals surface area contributed by atoms with Gasteiger partial charge in [-0.3, -0.25) is 0 Å². The molecule has 0 radical (unpaired) electrons. The number of para-hydroxylation sites is 8. The maximum atomic E-state index is 2.41. The van der Waals surface area contributed by atoms with Gasteiger partial charge in [0.2, 0.25) is 0 Å². The number of hydrogen-bond acceptors (Lipinski definition) is 4. The third-order valence-corrected chi connectivity index (χ3v) is 14.9. The Morgan fingerprint density at radius 3 is 0.611 bits per heavy atom. The summed E-state index contributed by atoms with van der Waals surface area (Å²) in [6.07, 6.45) is 0. The fourth-order valence-electron chi connectivity index (χ4n) is 11.6. The van der Waals surface area contributed by atoms with Crippen molar-refractivity contribution in [2.24, 2.45) is 0 Å². The molecule has 0 spiro atoms. The van der Waals surface area contributed by atoms with Crippen molar-refractivity contribution >= 4 is 79.2 Å². The Kier molecular flexibility index (Phi) is 10.4. The molecule has 0 N–H and O–H groups in total.